The second-order valence-electron chi connectivity index (χ2n) is 5.76. The van der Waals surface area contributed by atoms with Crippen molar-refractivity contribution in [3.8, 4) is 0 Å². The lowest BCUT2D eigenvalue weighted by Gasteiger charge is -2.29. The van der Waals surface area contributed by atoms with E-state index in [9.17, 15) is 0 Å². The molecule has 1 heterocycles. The highest BCUT2D eigenvalue weighted by molar-refractivity contribution is 5.30. The quantitative estimate of drug-likeness (QED) is 0.852. The number of aryl methyl sites for hydroxylation is 1. The maximum absolute atomic E-state index is 3.77. The van der Waals surface area contributed by atoms with E-state index in [-0.39, 0.29) is 0 Å². The molecule has 2 unspecified atom stereocenters. The zero-order valence-corrected chi connectivity index (χ0v) is 11.1. The summed E-state index contributed by atoms with van der Waals surface area (Å²) in [5.74, 6) is 0. The van der Waals surface area contributed by atoms with E-state index >= 15 is 0 Å². The molecule has 2 N–H and O–H groups in total. The van der Waals surface area contributed by atoms with Crippen molar-refractivity contribution >= 4 is 0 Å². The van der Waals surface area contributed by atoms with Gasteiger partial charge in [-0.05, 0) is 49.8 Å². The van der Waals surface area contributed by atoms with Crippen molar-refractivity contribution in [1.29, 1.82) is 0 Å². The van der Waals surface area contributed by atoms with Crippen LogP contribution in [0.15, 0.2) is 24.3 Å². The van der Waals surface area contributed by atoms with Gasteiger partial charge in [-0.2, -0.15) is 0 Å². The summed E-state index contributed by atoms with van der Waals surface area (Å²) < 4.78 is 0. The van der Waals surface area contributed by atoms with Crippen LogP contribution in [0.25, 0.3) is 0 Å². The van der Waals surface area contributed by atoms with E-state index in [2.05, 4.69) is 34.9 Å². The van der Waals surface area contributed by atoms with Crippen LogP contribution in [0.3, 0.4) is 0 Å². The second-order valence-corrected chi connectivity index (χ2v) is 5.76. The van der Waals surface area contributed by atoms with E-state index in [1.165, 1.54) is 45.1 Å². The van der Waals surface area contributed by atoms with Crippen molar-refractivity contribution in [2.24, 2.45) is 0 Å². The first kappa shape index (κ1) is 12.2. The van der Waals surface area contributed by atoms with Crippen LogP contribution in [0, 0.1) is 0 Å². The standard InChI is InChI=1S/C16H24N2/c1-2-6-14-11-15(9-8-13(14)5-1)18-12-16-7-3-4-10-17-16/h1-2,5-6,15-18H,3-4,7-12H2. The Morgan fingerprint density at radius 1 is 1.11 bits per heavy atom. The summed E-state index contributed by atoms with van der Waals surface area (Å²) in [4.78, 5) is 0. The van der Waals surface area contributed by atoms with Gasteiger partial charge in [-0.15, -0.1) is 0 Å². The maximum Gasteiger partial charge on any atom is 0.0192 e. The van der Waals surface area contributed by atoms with Gasteiger partial charge in [0.1, 0.15) is 0 Å². The predicted octanol–water partition coefficient (Wildman–Crippen LogP) is 2.28. The average molecular weight is 244 g/mol. The number of hydrogen-bond acceptors (Lipinski definition) is 2. The second kappa shape index (κ2) is 5.85. The Hall–Kier alpha value is -0.860. The van der Waals surface area contributed by atoms with Crippen LogP contribution >= 0.6 is 0 Å². The fourth-order valence-electron chi connectivity index (χ4n) is 3.28. The zero-order chi connectivity index (χ0) is 12.2. The van der Waals surface area contributed by atoms with Gasteiger partial charge in [0.15, 0.2) is 0 Å². The summed E-state index contributed by atoms with van der Waals surface area (Å²) in [6, 6.07) is 10.3. The Morgan fingerprint density at radius 3 is 2.83 bits per heavy atom. The van der Waals surface area contributed by atoms with Crippen LogP contribution < -0.4 is 10.6 Å². The highest BCUT2D eigenvalue weighted by atomic mass is 15.0. The van der Waals surface area contributed by atoms with Crippen LogP contribution in [-0.2, 0) is 12.8 Å². The molecule has 1 aliphatic carbocycles. The molecule has 2 aliphatic rings. The zero-order valence-electron chi connectivity index (χ0n) is 11.1. The molecule has 2 heteroatoms. The summed E-state index contributed by atoms with van der Waals surface area (Å²) in [5, 5.41) is 7.39. The molecule has 0 saturated carbocycles. The molecule has 2 nitrogen and oxygen atoms in total. The Balaban J connectivity index is 1.50. The van der Waals surface area contributed by atoms with Gasteiger partial charge < -0.3 is 10.6 Å². The topological polar surface area (TPSA) is 24.1 Å². The molecule has 0 aromatic heterocycles. The Morgan fingerprint density at radius 2 is 2.00 bits per heavy atom. The van der Waals surface area contributed by atoms with Crippen LogP contribution in [-0.4, -0.2) is 25.2 Å². The molecular formula is C16H24N2. The maximum atomic E-state index is 3.77. The number of rotatable bonds is 3. The number of piperidine rings is 1. The van der Waals surface area contributed by atoms with E-state index < -0.39 is 0 Å². The van der Waals surface area contributed by atoms with E-state index in [1.807, 2.05) is 0 Å². The molecular weight excluding hydrogens is 220 g/mol. The lowest BCUT2D eigenvalue weighted by molar-refractivity contribution is 0.354. The highest BCUT2D eigenvalue weighted by Crippen LogP contribution is 2.21. The first-order valence-electron chi connectivity index (χ1n) is 7.45. The number of hydrogen-bond donors (Lipinski definition) is 2. The number of fused-ring (bicyclic) bond motifs is 1. The van der Waals surface area contributed by atoms with Crippen LogP contribution in [0.5, 0.6) is 0 Å². The normalized spacial score (nSPS) is 27.8. The molecule has 1 aromatic rings. The van der Waals surface area contributed by atoms with Gasteiger partial charge in [-0.1, -0.05) is 30.7 Å². The van der Waals surface area contributed by atoms with E-state index in [0.29, 0.717) is 12.1 Å². The SMILES string of the molecule is c1ccc2c(c1)CCC(NCC1CCCCN1)C2. The van der Waals surface area contributed by atoms with Gasteiger partial charge >= 0.3 is 0 Å². The molecule has 0 bridgehead atoms. The Bertz CT molecular complexity index is 382. The monoisotopic (exact) mass is 244 g/mol. The molecule has 2 atom stereocenters. The van der Waals surface area contributed by atoms with Gasteiger partial charge in [-0.3, -0.25) is 0 Å². The molecule has 3 rings (SSSR count). The minimum Gasteiger partial charge on any atom is -0.313 e. The molecule has 1 aliphatic heterocycles. The van der Waals surface area contributed by atoms with E-state index in [0.717, 1.165) is 6.54 Å². The summed E-state index contributed by atoms with van der Waals surface area (Å²) in [7, 11) is 0. The molecule has 1 saturated heterocycles. The van der Waals surface area contributed by atoms with Crippen molar-refractivity contribution in [3.63, 3.8) is 0 Å². The van der Waals surface area contributed by atoms with Gasteiger partial charge in [0.25, 0.3) is 0 Å². The fraction of sp³-hybridized carbons (Fsp3) is 0.625. The highest BCUT2D eigenvalue weighted by Gasteiger charge is 2.19. The van der Waals surface area contributed by atoms with E-state index in [1.54, 1.807) is 11.1 Å². The minimum absolute atomic E-state index is 0.684. The molecule has 0 spiro atoms. The summed E-state index contributed by atoms with van der Waals surface area (Å²) in [5.41, 5.74) is 3.11. The van der Waals surface area contributed by atoms with E-state index in [4.69, 9.17) is 0 Å². The predicted molar refractivity (Wildman–Crippen MR) is 75.9 cm³/mol. The largest absolute Gasteiger partial charge is 0.313 e. The molecule has 98 valence electrons. The first-order valence-corrected chi connectivity index (χ1v) is 7.45. The summed E-state index contributed by atoms with van der Waals surface area (Å²) in [6.45, 7) is 2.35. The van der Waals surface area contributed by atoms with Gasteiger partial charge in [0.05, 0.1) is 0 Å². The van der Waals surface area contributed by atoms with Crippen LogP contribution in [0.4, 0.5) is 0 Å². The van der Waals surface area contributed by atoms with Crippen molar-refractivity contribution in [3.05, 3.63) is 35.4 Å². The van der Waals surface area contributed by atoms with Crippen molar-refractivity contribution in [2.75, 3.05) is 13.1 Å². The lowest BCUT2D eigenvalue weighted by atomic mass is 9.88. The molecule has 1 fully saturated rings. The van der Waals surface area contributed by atoms with Gasteiger partial charge in [-0.25, -0.2) is 0 Å². The summed E-state index contributed by atoms with van der Waals surface area (Å²) in [6.07, 6.45) is 7.84. The Kier molecular flexibility index (Phi) is 3.96. The first-order chi connectivity index (χ1) is 8.92. The molecule has 18 heavy (non-hydrogen) atoms. The van der Waals surface area contributed by atoms with Crippen molar-refractivity contribution < 1.29 is 0 Å². The molecule has 0 amide bonds. The molecule has 0 radical (unpaired) electrons. The van der Waals surface area contributed by atoms with Crippen molar-refractivity contribution in [1.82, 2.24) is 10.6 Å². The third-order valence-electron chi connectivity index (χ3n) is 4.41. The van der Waals surface area contributed by atoms with Crippen molar-refractivity contribution in [2.45, 2.75) is 50.6 Å². The minimum atomic E-state index is 0.684. The van der Waals surface area contributed by atoms with Crippen LogP contribution in [0.1, 0.15) is 36.8 Å². The Labute approximate surface area is 110 Å². The average Bonchev–Trinajstić information content (AvgIpc) is 2.46. The molecule has 1 aromatic carbocycles. The number of nitrogens with one attached hydrogen (secondary N) is 2. The lowest BCUT2D eigenvalue weighted by Crippen LogP contribution is -2.46. The summed E-state index contributed by atoms with van der Waals surface area (Å²) >= 11 is 0. The fourth-order valence-corrected chi connectivity index (χ4v) is 3.28. The van der Waals surface area contributed by atoms with Gasteiger partial charge in [0.2, 0.25) is 0 Å². The number of benzene rings is 1. The van der Waals surface area contributed by atoms with Gasteiger partial charge in [0, 0.05) is 18.6 Å². The third kappa shape index (κ3) is 2.93. The smallest absolute Gasteiger partial charge is 0.0192 e. The van der Waals surface area contributed by atoms with Crippen LogP contribution in [0.2, 0.25) is 0 Å². The third-order valence-corrected chi connectivity index (χ3v) is 4.41.